The molecule has 6 saturated carbocycles. The van der Waals surface area contributed by atoms with Crippen molar-refractivity contribution >= 4 is 12.2 Å². The summed E-state index contributed by atoms with van der Waals surface area (Å²) in [7, 11) is 1.78. The summed E-state index contributed by atoms with van der Waals surface area (Å²) in [6, 6.07) is 0. The lowest BCUT2D eigenvalue weighted by molar-refractivity contribution is -0.248. The van der Waals surface area contributed by atoms with Gasteiger partial charge in [0.05, 0.1) is 37.0 Å². The predicted octanol–water partition coefficient (Wildman–Crippen LogP) is 6.37. The fourth-order valence-electron chi connectivity index (χ4n) is 13.6. The zero-order valence-electron chi connectivity index (χ0n) is 32.0. The van der Waals surface area contributed by atoms with Crippen LogP contribution in [0.1, 0.15) is 126 Å². The zero-order valence-corrected chi connectivity index (χ0v) is 32.0. The van der Waals surface area contributed by atoms with E-state index in [0.717, 1.165) is 25.5 Å². The molecule has 1 aliphatic heterocycles. The van der Waals surface area contributed by atoms with Gasteiger partial charge in [-0.1, -0.05) is 34.6 Å². The highest BCUT2D eigenvalue weighted by molar-refractivity contribution is 5.76. The molecule has 0 aromatic carbocycles. The van der Waals surface area contributed by atoms with E-state index in [9.17, 15) is 14.7 Å². The molecule has 2 spiro atoms. The van der Waals surface area contributed by atoms with E-state index in [-0.39, 0.29) is 46.8 Å². The lowest BCUT2D eigenvalue weighted by Gasteiger charge is -2.64. The van der Waals surface area contributed by atoms with E-state index in [1.807, 2.05) is 18.7 Å². The Kier molecular flexibility index (Phi) is 9.28. The van der Waals surface area contributed by atoms with Gasteiger partial charge in [-0.05, 0) is 136 Å². The average Bonchev–Trinajstić information content (AvgIpc) is 3.99. The molecule has 8 nitrogen and oxygen atoms in total. The summed E-state index contributed by atoms with van der Waals surface area (Å²) in [6.07, 6.45) is 13.9. The minimum atomic E-state index is -0.564. The number of aldehydes is 1. The number of amides is 1. The van der Waals surface area contributed by atoms with E-state index < -0.39 is 5.54 Å². The molecule has 2 N–H and O–H groups in total. The molecule has 0 radical (unpaired) electrons. The van der Waals surface area contributed by atoms with E-state index in [0.29, 0.717) is 73.1 Å². The Morgan fingerprint density at radius 1 is 1.06 bits per heavy atom. The molecule has 6 aliphatic carbocycles. The van der Waals surface area contributed by atoms with Crippen LogP contribution >= 0.6 is 0 Å². The minimum Gasteiger partial charge on any atom is -0.393 e. The van der Waals surface area contributed by atoms with Crippen LogP contribution in [0.25, 0.3) is 0 Å². The van der Waals surface area contributed by atoms with Crippen molar-refractivity contribution in [2.45, 2.75) is 156 Å². The third kappa shape index (κ3) is 5.70. The first-order chi connectivity index (χ1) is 23.1. The van der Waals surface area contributed by atoms with Gasteiger partial charge >= 0.3 is 0 Å². The molecule has 1 saturated heterocycles. The number of aliphatic hydroxyl groups excluding tert-OH is 1. The molecule has 12 atom stereocenters. The predicted molar refractivity (Wildman–Crippen MR) is 190 cm³/mol. The van der Waals surface area contributed by atoms with Crippen molar-refractivity contribution in [1.29, 1.82) is 0 Å². The molecule has 7 fully saturated rings. The second-order valence-corrected chi connectivity index (χ2v) is 19.8. The minimum absolute atomic E-state index is 0.0313. The summed E-state index contributed by atoms with van der Waals surface area (Å²) in [5, 5.41) is 15.5. The van der Waals surface area contributed by atoms with Crippen molar-refractivity contribution in [3.63, 3.8) is 0 Å². The van der Waals surface area contributed by atoms with E-state index in [2.05, 4.69) is 39.9 Å². The van der Waals surface area contributed by atoms with Crippen LogP contribution in [0.5, 0.6) is 0 Å². The molecule has 278 valence electrons. The Morgan fingerprint density at radius 3 is 2.47 bits per heavy atom. The molecular weight excluding hydrogens is 616 g/mol. The quantitative estimate of drug-likeness (QED) is 0.231. The summed E-state index contributed by atoms with van der Waals surface area (Å²) in [6.45, 7) is 18.6. The van der Waals surface area contributed by atoms with Gasteiger partial charge < -0.3 is 34.3 Å². The number of rotatable bonds is 12. The van der Waals surface area contributed by atoms with Crippen molar-refractivity contribution in [3.8, 4) is 0 Å². The van der Waals surface area contributed by atoms with Gasteiger partial charge in [0, 0.05) is 32.0 Å². The maximum atomic E-state index is 12.9. The van der Waals surface area contributed by atoms with E-state index in [1.54, 1.807) is 7.11 Å². The molecule has 0 aromatic rings. The number of fused-ring (bicyclic) bond motifs is 2. The molecule has 7 aliphatic rings. The average molecular weight is 685 g/mol. The summed E-state index contributed by atoms with van der Waals surface area (Å²) in [5.41, 5.74) is 0.144. The summed E-state index contributed by atoms with van der Waals surface area (Å²) >= 11 is 0. The Labute approximate surface area is 296 Å². The maximum absolute atomic E-state index is 12.9. The molecule has 1 heterocycles. The molecule has 49 heavy (non-hydrogen) atoms. The summed E-state index contributed by atoms with van der Waals surface area (Å²) in [5.74, 6) is 2.90. The van der Waals surface area contributed by atoms with E-state index in [4.69, 9.17) is 14.2 Å². The summed E-state index contributed by atoms with van der Waals surface area (Å²) in [4.78, 5) is 26.4. The van der Waals surface area contributed by atoms with Gasteiger partial charge in [0.2, 0.25) is 5.91 Å². The van der Waals surface area contributed by atoms with Crippen LogP contribution < -0.4 is 5.32 Å². The first-order valence-corrected chi connectivity index (χ1v) is 20.0. The molecule has 8 heteroatoms. The molecular formula is C41H68N2O6. The monoisotopic (exact) mass is 685 g/mol. The number of nitrogens with zero attached hydrogens (tertiary/aromatic N) is 1. The number of carbonyl (C=O) groups excluding carboxylic acids is 2. The standard InChI is InChI=1S/C41H68N2O6/c1-26(19-28(47-8)22-42-36(2,3)25-44)29-21-32(45)39(7)31-12-11-30-37(4,5)33(13-14-40(30)24-41(31,40)16-15-38(29,39)6)49-35-23-43(17-18-48-35)34(46)20-27-9-10-27/h25-33,35,42,45H,9-24H2,1-8H3/t26-,28?,29-,30+,31?,32+,33?,35+,38?,39-,40?,41?/m1/s1. The molecule has 6 unspecified atom stereocenters. The number of hydrogen-bond donors (Lipinski definition) is 2. The van der Waals surface area contributed by atoms with Crippen LogP contribution in [0.2, 0.25) is 0 Å². The van der Waals surface area contributed by atoms with Gasteiger partial charge in [-0.2, -0.15) is 0 Å². The largest absolute Gasteiger partial charge is 0.393 e. The normalized spacial score (nSPS) is 45.4. The van der Waals surface area contributed by atoms with Gasteiger partial charge in [-0.15, -0.1) is 0 Å². The van der Waals surface area contributed by atoms with E-state index >= 15 is 0 Å². The van der Waals surface area contributed by atoms with Gasteiger partial charge in [-0.25, -0.2) is 0 Å². The number of ether oxygens (including phenoxy) is 3. The summed E-state index contributed by atoms with van der Waals surface area (Å²) < 4.78 is 18.9. The van der Waals surface area contributed by atoms with Crippen LogP contribution in [-0.2, 0) is 23.8 Å². The fraction of sp³-hybridized carbons (Fsp3) is 0.951. The Balaban J connectivity index is 1.03. The van der Waals surface area contributed by atoms with Crippen LogP contribution in [0, 0.1) is 56.7 Å². The number of aliphatic hydroxyl groups is 1. The third-order valence-electron chi connectivity index (χ3n) is 16.8. The van der Waals surface area contributed by atoms with Gasteiger partial charge in [-0.3, -0.25) is 4.79 Å². The van der Waals surface area contributed by atoms with Crippen molar-refractivity contribution in [2.24, 2.45) is 56.7 Å². The number of methoxy groups -OCH3 is 1. The highest BCUT2D eigenvalue weighted by Gasteiger charge is 2.83. The van der Waals surface area contributed by atoms with Crippen molar-refractivity contribution in [3.05, 3.63) is 0 Å². The maximum Gasteiger partial charge on any atom is 0.223 e. The second-order valence-electron chi connectivity index (χ2n) is 19.8. The molecule has 7 rings (SSSR count). The number of hydrogen-bond acceptors (Lipinski definition) is 7. The molecule has 1 amide bonds. The third-order valence-corrected chi connectivity index (χ3v) is 16.8. The highest BCUT2D eigenvalue weighted by Crippen LogP contribution is 2.89. The second kappa shape index (κ2) is 12.5. The fourth-order valence-corrected chi connectivity index (χ4v) is 13.6. The Morgan fingerprint density at radius 2 is 1.78 bits per heavy atom. The van der Waals surface area contributed by atoms with Gasteiger partial charge in [0.25, 0.3) is 0 Å². The number of nitrogens with one attached hydrogen (secondary N) is 1. The van der Waals surface area contributed by atoms with Gasteiger partial charge in [0.1, 0.15) is 6.29 Å². The van der Waals surface area contributed by atoms with Crippen LogP contribution in [0.4, 0.5) is 0 Å². The van der Waals surface area contributed by atoms with Crippen molar-refractivity contribution in [1.82, 2.24) is 10.2 Å². The van der Waals surface area contributed by atoms with Gasteiger partial charge in [0.15, 0.2) is 6.29 Å². The number of morpholine rings is 1. The Hall–Kier alpha value is -1.06. The first kappa shape index (κ1) is 36.3. The highest BCUT2D eigenvalue weighted by atomic mass is 16.7. The zero-order chi connectivity index (χ0) is 35.2. The lowest BCUT2D eigenvalue weighted by atomic mass is 9.41. The van der Waals surface area contributed by atoms with Crippen molar-refractivity contribution < 1.29 is 28.9 Å². The SMILES string of the molecule is COC(CNC(C)(C)C=O)C[C@@H](C)[C@H]1C[C@H](O)[C@@]2(C)C3CC[C@H]4C(C)(C)C(O[C@H]5CN(C(=O)CC6CC6)CCO5)CCC45CC35CCC12C. The van der Waals surface area contributed by atoms with Crippen LogP contribution in [0.15, 0.2) is 0 Å². The topological polar surface area (TPSA) is 97.3 Å². The van der Waals surface area contributed by atoms with Crippen LogP contribution in [0.3, 0.4) is 0 Å². The number of carbonyl (C=O) groups is 2. The molecule has 0 bridgehead atoms. The lowest BCUT2D eigenvalue weighted by Crippen LogP contribution is -2.60. The molecule has 0 aromatic heterocycles. The Bertz CT molecular complexity index is 1270. The first-order valence-electron chi connectivity index (χ1n) is 20.0. The van der Waals surface area contributed by atoms with E-state index in [1.165, 1.54) is 51.4 Å². The van der Waals surface area contributed by atoms with Crippen molar-refractivity contribution in [2.75, 3.05) is 33.4 Å². The smallest absolute Gasteiger partial charge is 0.223 e. The van der Waals surface area contributed by atoms with Crippen LogP contribution in [-0.4, -0.2) is 85.7 Å².